The Bertz CT molecular complexity index is 428. The summed E-state index contributed by atoms with van der Waals surface area (Å²) < 4.78 is 0. The van der Waals surface area contributed by atoms with E-state index in [2.05, 4.69) is 11.4 Å². The standard InChI is InChI=1S/C14H16ClNO/c15-12-9-5-6-10-13(12)16-14(17)11-7-3-1-2-4-8-11/h3,5-7,9-11H,1-2,4,8H2,(H,16,17). The molecule has 0 saturated heterocycles. The number of benzene rings is 1. The molecule has 1 amide bonds. The Labute approximate surface area is 107 Å². The van der Waals surface area contributed by atoms with Crippen molar-refractivity contribution in [3.05, 3.63) is 41.4 Å². The molecular formula is C14H16ClNO. The first-order valence-corrected chi connectivity index (χ1v) is 6.37. The molecule has 1 unspecified atom stereocenters. The number of halogens is 1. The third kappa shape index (κ3) is 3.34. The van der Waals surface area contributed by atoms with E-state index < -0.39 is 0 Å². The summed E-state index contributed by atoms with van der Waals surface area (Å²) in [5.41, 5.74) is 0.691. The second-order valence-electron chi connectivity index (χ2n) is 4.29. The number of hydrogen-bond acceptors (Lipinski definition) is 1. The van der Waals surface area contributed by atoms with Crippen LogP contribution >= 0.6 is 11.6 Å². The van der Waals surface area contributed by atoms with Crippen molar-refractivity contribution in [3.63, 3.8) is 0 Å². The summed E-state index contributed by atoms with van der Waals surface area (Å²) in [7, 11) is 0. The van der Waals surface area contributed by atoms with Gasteiger partial charge in [0.05, 0.1) is 16.6 Å². The minimum Gasteiger partial charge on any atom is -0.324 e. The van der Waals surface area contributed by atoms with Crippen LogP contribution in [0.5, 0.6) is 0 Å². The van der Waals surface area contributed by atoms with Gasteiger partial charge in [0.15, 0.2) is 0 Å². The Hall–Kier alpha value is -1.28. The molecule has 90 valence electrons. The van der Waals surface area contributed by atoms with E-state index in [9.17, 15) is 4.79 Å². The summed E-state index contributed by atoms with van der Waals surface area (Å²) in [6.07, 6.45) is 8.39. The van der Waals surface area contributed by atoms with Gasteiger partial charge in [-0.1, -0.05) is 42.3 Å². The van der Waals surface area contributed by atoms with Crippen molar-refractivity contribution < 1.29 is 4.79 Å². The van der Waals surface area contributed by atoms with E-state index in [1.165, 1.54) is 6.42 Å². The van der Waals surface area contributed by atoms with Crippen molar-refractivity contribution in [1.82, 2.24) is 0 Å². The van der Waals surface area contributed by atoms with Crippen LogP contribution in [0, 0.1) is 5.92 Å². The van der Waals surface area contributed by atoms with Gasteiger partial charge in [0, 0.05) is 0 Å². The maximum absolute atomic E-state index is 12.1. The van der Waals surface area contributed by atoms with E-state index in [1.807, 2.05) is 24.3 Å². The largest absolute Gasteiger partial charge is 0.324 e. The molecule has 3 heteroatoms. The molecular weight excluding hydrogens is 234 g/mol. The van der Waals surface area contributed by atoms with E-state index in [-0.39, 0.29) is 11.8 Å². The van der Waals surface area contributed by atoms with E-state index in [1.54, 1.807) is 6.07 Å². The third-order valence-corrected chi connectivity index (χ3v) is 3.30. The molecule has 2 nitrogen and oxygen atoms in total. The fraction of sp³-hybridized carbons (Fsp3) is 0.357. The van der Waals surface area contributed by atoms with Gasteiger partial charge in [0.25, 0.3) is 0 Å². The lowest BCUT2D eigenvalue weighted by atomic mass is 10.0. The number of allylic oxidation sites excluding steroid dienone is 1. The predicted octanol–water partition coefficient (Wildman–Crippen LogP) is 4.02. The predicted molar refractivity (Wildman–Crippen MR) is 71.2 cm³/mol. The van der Waals surface area contributed by atoms with E-state index in [4.69, 9.17) is 11.6 Å². The van der Waals surface area contributed by atoms with Gasteiger partial charge in [0.1, 0.15) is 0 Å². The SMILES string of the molecule is O=C(Nc1ccccc1Cl)C1C=CCCCC1. The lowest BCUT2D eigenvalue weighted by molar-refractivity contribution is -0.118. The Kier molecular flexibility index (Phi) is 4.21. The van der Waals surface area contributed by atoms with Crippen LogP contribution in [0.2, 0.25) is 5.02 Å². The first-order chi connectivity index (χ1) is 8.27. The van der Waals surface area contributed by atoms with Crippen molar-refractivity contribution in [2.75, 3.05) is 5.32 Å². The van der Waals surface area contributed by atoms with Crippen LogP contribution in [-0.4, -0.2) is 5.91 Å². The fourth-order valence-corrected chi connectivity index (χ4v) is 2.17. The monoisotopic (exact) mass is 249 g/mol. The quantitative estimate of drug-likeness (QED) is 0.788. The molecule has 0 saturated carbocycles. The number of amides is 1. The molecule has 0 bridgehead atoms. The smallest absolute Gasteiger partial charge is 0.231 e. The van der Waals surface area contributed by atoms with Crippen molar-refractivity contribution in [2.45, 2.75) is 25.7 Å². The zero-order valence-electron chi connectivity index (χ0n) is 9.66. The molecule has 1 aromatic rings. The van der Waals surface area contributed by atoms with Gasteiger partial charge in [-0.2, -0.15) is 0 Å². The number of anilines is 1. The minimum atomic E-state index is -0.0197. The Morgan fingerprint density at radius 3 is 2.94 bits per heavy atom. The van der Waals surface area contributed by atoms with Gasteiger partial charge in [-0.3, -0.25) is 4.79 Å². The number of carbonyl (C=O) groups excluding carboxylic acids is 1. The average Bonchev–Trinajstić information content (AvgIpc) is 2.61. The summed E-state index contributed by atoms with van der Waals surface area (Å²) in [6, 6.07) is 7.31. The van der Waals surface area contributed by atoms with E-state index in [0.717, 1.165) is 19.3 Å². The van der Waals surface area contributed by atoms with Gasteiger partial charge in [-0.05, 0) is 31.4 Å². The first-order valence-electron chi connectivity index (χ1n) is 5.99. The number of nitrogens with one attached hydrogen (secondary N) is 1. The molecule has 2 rings (SSSR count). The van der Waals surface area contributed by atoms with Crippen LogP contribution in [0.1, 0.15) is 25.7 Å². The van der Waals surface area contributed by atoms with Crippen molar-refractivity contribution in [2.24, 2.45) is 5.92 Å². The van der Waals surface area contributed by atoms with Crippen molar-refractivity contribution >= 4 is 23.2 Å². The minimum absolute atomic E-state index is 0.0197. The summed E-state index contributed by atoms with van der Waals surface area (Å²) in [6.45, 7) is 0. The molecule has 17 heavy (non-hydrogen) atoms. The first kappa shape index (κ1) is 12.2. The molecule has 1 N–H and O–H groups in total. The highest BCUT2D eigenvalue weighted by molar-refractivity contribution is 6.33. The normalized spacial score (nSPS) is 19.7. The molecule has 0 aliphatic heterocycles. The number of rotatable bonds is 2. The molecule has 1 aliphatic carbocycles. The summed E-state index contributed by atoms with van der Waals surface area (Å²) in [5.74, 6) is 0.0185. The second kappa shape index (κ2) is 5.87. The summed E-state index contributed by atoms with van der Waals surface area (Å²) in [5, 5.41) is 3.47. The summed E-state index contributed by atoms with van der Waals surface area (Å²) in [4.78, 5) is 12.1. The molecule has 1 aromatic carbocycles. The maximum Gasteiger partial charge on any atom is 0.231 e. The van der Waals surface area contributed by atoms with Crippen molar-refractivity contribution in [3.8, 4) is 0 Å². The average molecular weight is 250 g/mol. The van der Waals surface area contributed by atoms with Crippen LogP contribution in [0.4, 0.5) is 5.69 Å². The zero-order valence-corrected chi connectivity index (χ0v) is 10.4. The van der Waals surface area contributed by atoms with Gasteiger partial charge in [-0.15, -0.1) is 0 Å². The van der Waals surface area contributed by atoms with Gasteiger partial charge in [0.2, 0.25) is 5.91 Å². The molecule has 0 radical (unpaired) electrons. The highest BCUT2D eigenvalue weighted by Crippen LogP contribution is 2.23. The molecule has 0 aromatic heterocycles. The van der Waals surface area contributed by atoms with Gasteiger partial charge >= 0.3 is 0 Å². The molecule has 0 heterocycles. The third-order valence-electron chi connectivity index (χ3n) is 2.97. The van der Waals surface area contributed by atoms with E-state index >= 15 is 0 Å². The van der Waals surface area contributed by atoms with E-state index in [0.29, 0.717) is 10.7 Å². The van der Waals surface area contributed by atoms with Gasteiger partial charge in [-0.25, -0.2) is 0 Å². The van der Waals surface area contributed by atoms with Crippen LogP contribution in [0.3, 0.4) is 0 Å². The summed E-state index contributed by atoms with van der Waals surface area (Å²) >= 11 is 6.01. The van der Waals surface area contributed by atoms with Crippen LogP contribution in [-0.2, 0) is 4.79 Å². The Balaban J connectivity index is 2.03. The lowest BCUT2D eigenvalue weighted by Gasteiger charge is -2.12. The second-order valence-corrected chi connectivity index (χ2v) is 4.70. The maximum atomic E-state index is 12.1. The highest BCUT2D eigenvalue weighted by atomic mass is 35.5. The molecule has 0 spiro atoms. The number of para-hydroxylation sites is 1. The molecule has 1 atom stereocenters. The molecule has 1 aliphatic rings. The Morgan fingerprint density at radius 2 is 2.12 bits per heavy atom. The van der Waals surface area contributed by atoms with Gasteiger partial charge < -0.3 is 5.32 Å². The zero-order chi connectivity index (χ0) is 12.1. The fourth-order valence-electron chi connectivity index (χ4n) is 1.99. The van der Waals surface area contributed by atoms with Crippen LogP contribution in [0.25, 0.3) is 0 Å². The Morgan fingerprint density at radius 1 is 1.29 bits per heavy atom. The topological polar surface area (TPSA) is 29.1 Å². The van der Waals surface area contributed by atoms with Crippen molar-refractivity contribution in [1.29, 1.82) is 0 Å². The number of carbonyl (C=O) groups is 1. The van der Waals surface area contributed by atoms with Crippen LogP contribution in [0.15, 0.2) is 36.4 Å². The highest BCUT2D eigenvalue weighted by Gasteiger charge is 2.17. The number of hydrogen-bond donors (Lipinski definition) is 1. The molecule has 0 fully saturated rings. The lowest BCUT2D eigenvalue weighted by Crippen LogP contribution is -2.21. The van der Waals surface area contributed by atoms with Crippen LogP contribution < -0.4 is 5.32 Å².